The molecule has 2 heterocycles. The van der Waals surface area contributed by atoms with Crippen LogP contribution in [0.4, 0.5) is 5.95 Å². The van der Waals surface area contributed by atoms with Crippen molar-refractivity contribution < 1.29 is 9.53 Å². The number of carbonyl (C=O) groups is 1. The normalized spacial score (nSPS) is 18.1. The Labute approximate surface area is 116 Å². The topological polar surface area (TPSA) is 93.0 Å². The SMILES string of the molecule is NCC1(C(=O)Nc2nc3ccccc3[nH]2)CCOCC1. The minimum atomic E-state index is -0.544. The first-order valence-electron chi connectivity index (χ1n) is 6.77. The van der Waals surface area contributed by atoms with E-state index in [1.165, 1.54) is 0 Å². The molecule has 20 heavy (non-hydrogen) atoms. The molecule has 6 nitrogen and oxygen atoms in total. The van der Waals surface area contributed by atoms with E-state index in [-0.39, 0.29) is 5.91 Å². The van der Waals surface area contributed by atoms with Crippen molar-refractivity contribution >= 4 is 22.9 Å². The largest absolute Gasteiger partial charge is 0.381 e. The number of aromatic nitrogens is 2. The van der Waals surface area contributed by atoms with Gasteiger partial charge in [-0.3, -0.25) is 10.1 Å². The number of benzene rings is 1. The van der Waals surface area contributed by atoms with E-state index >= 15 is 0 Å². The second kappa shape index (κ2) is 5.22. The molecule has 3 rings (SSSR count). The second-order valence-electron chi connectivity index (χ2n) is 5.15. The summed E-state index contributed by atoms with van der Waals surface area (Å²) >= 11 is 0. The number of aromatic amines is 1. The molecule has 1 aromatic heterocycles. The molecule has 106 valence electrons. The Bertz CT molecular complexity index is 583. The summed E-state index contributed by atoms with van der Waals surface area (Å²) in [5.41, 5.74) is 7.01. The van der Waals surface area contributed by atoms with Crippen molar-refractivity contribution in [3.05, 3.63) is 24.3 Å². The van der Waals surface area contributed by atoms with Crippen LogP contribution in [0.3, 0.4) is 0 Å². The van der Waals surface area contributed by atoms with Crippen molar-refractivity contribution in [1.29, 1.82) is 0 Å². The van der Waals surface area contributed by atoms with Crippen LogP contribution >= 0.6 is 0 Å². The molecular weight excluding hydrogens is 256 g/mol. The zero-order valence-electron chi connectivity index (χ0n) is 11.2. The Morgan fingerprint density at radius 2 is 2.15 bits per heavy atom. The van der Waals surface area contributed by atoms with E-state index in [1.807, 2.05) is 24.3 Å². The third kappa shape index (κ3) is 2.28. The lowest BCUT2D eigenvalue weighted by Crippen LogP contribution is -2.46. The maximum atomic E-state index is 12.5. The van der Waals surface area contributed by atoms with Crippen LogP contribution in [0.5, 0.6) is 0 Å². The average molecular weight is 274 g/mol. The summed E-state index contributed by atoms with van der Waals surface area (Å²) in [7, 11) is 0. The van der Waals surface area contributed by atoms with Crippen molar-refractivity contribution in [3.8, 4) is 0 Å². The third-order valence-corrected chi connectivity index (χ3v) is 3.94. The summed E-state index contributed by atoms with van der Waals surface area (Å²) in [5.74, 6) is 0.387. The molecule has 1 saturated heterocycles. The van der Waals surface area contributed by atoms with E-state index in [9.17, 15) is 4.79 Å². The van der Waals surface area contributed by atoms with Crippen molar-refractivity contribution in [2.24, 2.45) is 11.1 Å². The first-order valence-corrected chi connectivity index (χ1v) is 6.77. The van der Waals surface area contributed by atoms with E-state index in [4.69, 9.17) is 10.5 Å². The molecule has 0 bridgehead atoms. The standard InChI is InChI=1S/C14H18N4O2/c15-9-14(5-7-20-8-6-14)12(19)18-13-16-10-3-1-2-4-11(10)17-13/h1-4H,5-9,15H2,(H2,16,17,18,19). The first kappa shape index (κ1) is 13.1. The van der Waals surface area contributed by atoms with Gasteiger partial charge in [-0.2, -0.15) is 0 Å². The lowest BCUT2D eigenvalue weighted by atomic mass is 9.79. The number of hydrogen-bond acceptors (Lipinski definition) is 4. The van der Waals surface area contributed by atoms with Gasteiger partial charge in [0, 0.05) is 19.8 Å². The fourth-order valence-electron chi connectivity index (χ4n) is 2.54. The maximum Gasteiger partial charge on any atom is 0.234 e. The number of nitrogens with one attached hydrogen (secondary N) is 2. The minimum Gasteiger partial charge on any atom is -0.381 e. The number of rotatable bonds is 3. The zero-order valence-corrected chi connectivity index (χ0v) is 11.2. The molecule has 0 atom stereocenters. The molecule has 1 aliphatic heterocycles. The number of nitrogens with two attached hydrogens (primary N) is 1. The minimum absolute atomic E-state index is 0.0812. The van der Waals surface area contributed by atoms with Gasteiger partial charge in [-0.15, -0.1) is 0 Å². The Hall–Kier alpha value is -1.92. The Kier molecular flexibility index (Phi) is 3.42. The van der Waals surface area contributed by atoms with Gasteiger partial charge in [-0.1, -0.05) is 12.1 Å². The number of imidazole rings is 1. The predicted molar refractivity (Wildman–Crippen MR) is 76.3 cm³/mol. The number of para-hydroxylation sites is 2. The maximum absolute atomic E-state index is 12.5. The highest BCUT2D eigenvalue weighted by Gasteiger charge is 2.39. The highest BCUT2D eigenvalue weighted by molar-refractivity contribution is 5.95. The fraction of sp³-hybridized carbons (Fsp3) is 0.429. The molecule has 1 aromatic carbocycles. The Morgan fingerprint density at radius 1 is 1.40 bits per heavy atom. The van der Waals surface area contributed by atoms with Gasteiger partial charge >= 0.3 is 0 Å². The Morgan fingerprint density at radius 3 is 2.85 bits per heavy atom. The molecule has 2 aromatic rings. The fourth-order valence-corrected chi connectivity index (χ4v) is 2.54. The van der Waals surface area contributed by atoms with Crippen LogP contribution in [0, 0.1) is 5.41 Å². The zero-order chi connectivity index (χ0) is 14.0. The van der Waals surface area contributed by atoms with Crippen molar-refractivity contribution in [2.75, 3.05) is 25.1 Å². The van der Waals surface area contributed by atoms with Gasteiger partial charge in [-0.25, -0.2) is 4.98 Å². The van der Waals surface area contributed by atoms with Gasteiger partial charge in [0.15, 0.2) is 0 Å². The second-order valence-corrected chi connectivity index (χ2v) is 5.15. The highest BCUT2D eigenvalue weighted by atomic mass is 16.5. The molecule has 6 heteroatoms. The van der Waals surface area contributed by atoms with Gasteiger partial charge < -0.3 is 15.5 Å². The highest BCUT2D eigenvalue weighted by Crippen LogP contribution is 2.30. The lowest BCUT2D eigenvalue weighted by molar-refractivity contribution is -0.130. The third-order valence-electron chi connectivity index (χ3n) is 3.94. The number of ether oxygens (including phenoxy) is 1. The quantitative estimate of drug-likeness (QED) is 0.785. The summed E-state index contributed by atoms with van der Waals surface area (Å²) in [5, 5.41) is 2.85. The molecule has 0 saturated carbocycles. The summed E-state index contributed by atoms with van der Waals surface area (Å²) < 4.78 is 5.32. The molecule has 4 N–H and O–H groups in total. The monoisotopic (exact) mass is 274 g/mol. The van der Waals surface area contributed by atoms with Crippen LogP contribution in [-0.4, -0.2) is 35.6 Å². The van der Waals surface area contributed by atoms with Crippen molar-refractivity contribution in [3.63, 3.8) is 0 Å². The molecule has 1 amide bonds. The van der Waals surface area contributed by atoms with E-state index in [0.29, 0.717) is 38.5 Å². The van der Waals surface area contributed by atoms with Gasteiger partial charge in [0.1, 0.15) is 0 Å². The summed E-state index contributed by atoms with van der Waals surface area (Å²) in [6.45, 7) is 1.47. The van der Waals surface area contributed by atoms with Gasteiger partial charge in [-0.05, 0) is 25.0 Å². The van der Waals surface area contributed by atoms with Gasteiger partial charge in [0.05, 0.1) is 16.4 Å². The molecule has 0 radical (unpaired) electrons. The number of nitrogens with zero attached hydrogens (tertiary/aromatic N) is 1. The molecule has 0 spiro atoms. The van der Waals surface area contributed by atoms with Gasteiger partial charge in [0.2, 0.25) is 11.9 Å². The molecule has 1 aliphatic rings. The predicted octanol–water partition coefficient (Wildman–Crippen LogP) is 1.26. The lowest BCUT2D eigenvalue weighted by Gasteiger charge is -2.34. The molecule has 0 unspecified atom stereocenters. The Balaban J connectivity index is 1.80. The van der Waals surface area contributed by atoms with Crippen LogP contribution in [0.25, 0.3) is 11.0 Å². The van der Waals surface area contributed by atoms with Gasteiger partial charge in [0.25, 0.3) is 0 Å². The van der Waals surface area contributed by atoms with E-state index in [1.54, 1.807) is 0 Å². The smallest absolute Gasteiger partial charge is 0.234 e. The van der Waals surface area contributed by atoms with Crippen LogP contribution in [0.15, 0.2) is 24.3 Å². The summed E-state index contributed by atoms with van der Waals surface area (Å²) in [6, 6.07) is 7.65. The number of hydrogen-bond donors (Lipinski definition) is 3. The number of fused-ring (bicyclic) bond motifs is 1. The van der Waals surface area contributed by atoms with E-state index < -0.39 is 5.41 Å². The number of H-pyrrole nitrogens is 1. The van der Waals surface area contributed by atoms with Crippen LogP contribution < -0.4 is 11.1 Å². The molecule has 1 fully saturated rings. The van der Waals surface area contributed by atoms with Crippen molar-refractivity contribution in [2.45, 2.75) is 12.8 Å². The van der Waals surface area contributed by atoms with Crippen LogP contribution in [0.1, 0.15) is 12.8 Å². The first-order chi connectivity index (χ1) is 9.73. The average Bonchev–Trinajstić information content (AvgIpc) is 2.90. The summed E-state index contributed by atoms with van der Waals surface area (Å²) in [4.78, 5) is 19.9. The van der Waals surface area contributed by atoms with Crippen LogP contribution in [0.2, 0.25) is 0 Å². The van der Waals surface area contributed by atoms with E-state index in [0.717, 1.165) is 11.0 Å². The molecule has 0 aliphatic carbocycles. The summed E-state index contributed by atoms with van der Waals surface area (Å²) in [6.07, 6.45) is 1.30. The van der Waals surface area contributed by atoms with E-state index in [2.05, 4.69) is 15.3 Å². The van der Waals surface area contributed by atoms with Crippen LogP contribution in [-0.2, 0) is 9.53 Å². The number of amides is 1. The number of carbonyl (C=O) groups excluding carboxylic acids is 1. The van der Waals surface area contributed by atoms with Crippen molar-refractivity contribution in [1.82, 2.24) is 9.97 Å². The number of anilines is 1. The molecular formula is C14H18N4O2.